The third-order valence-corrected chi connectivity index (χ3v) is 5.22. The molecule has 1 amide bonds. The molecule has 0 atom stereocenters. The van der Waals surface area contributed by atoms with Crippen LogP contribution in [0.25, 0.3) is 11.0 Å². The highest BCUT2D eigenvalue weighted by atomic mass is 19.1. The molecule has 178 valence electrons. The van der Waals surface area contributed by atoms with Gasteiger partial charge in [-0.05, 0) is 61.0 Å². The number of hydrogen-bond donors (Lipinski definition) is 1. The number of fused-ring (bicyclic) bond motifs is 1. The molecule has 0 bridgehead atoms. The van der Waals surface area contributed by atoms with Crippen molar-refractivity contribution in [1.82, 2.24) is 14.1 Å². The number of carbonyl (C=O) groups excluding carboxylic acids is 2. The van der Waals surface area contributed by atoms with E-state index in [-0.39, 0.29) is 30.7 Å². The quantitative estimate of drug-likeness (QED) is 0.411. The minimum Gasteiger partial charge on any atom is -0.462 e. The zero-order chi connectivity index (χ0) is 24.9. The predicted octanol–water partition coefficient (Wildman–Crippen LogP) is 2.56. The predicted molar refractivity (Wildman–Crippen MR) is 127 cm³/mol. The molecule has 0 aliphatic rings. The van der Waals surface area contributed by atoms with E-state index >= 15 is 0 Å². The number of hydrogen-bond acceptors (Lipinski definition) is 6. The van der Waals surface area contributed by atoms with Gasteiger partial charge in [0.2, 0.25) is 5.91 Å². The summed E-state index contributed by atoms with van der Waals surface area (Å²) in [5.41, 5.74) is 0.225. The van der Waals surface area contributed by atoms with Crippen LogP contribution < -0.4 is 16.6 Å². The molecule has 0 radical (unpaired) electrons. The van der Waals surface area contributed by atoms with E-state index in [9.17, 15) is 23.6 Å². The van der Waals surface area contributed by atoms with Crippen molar-refractivity contribution in [2.24, 2.45) is 0 Å². The molecule has 2 aromatic heterocycles. The molecular formula is C25H21FN4O5. The van der Waals surface area contributed by atoms with Gasteiger partial charge in [-0.15, -0.1) is 0 Å². The van der Waals surface area contributed by atoms with Gasteiger partial charge in [-0.2, -0.15) is 0 Å². The smallest absolute Gasteiger partial charge is 0.338 e. The number of benzene rings is 2. The Morgan fingerprint density at radius 3 is 2.40 bits per heavy atom. The molecule has 35 heavy (non-hydrogen) atoms. The molecule has 0 aliphatic carbocycles. The monoisotopic (exact) mass is 476 g/mol. The summed E-state index contributed by atoms with van der Waals surface area (Å²) in [4.78, 5) is 54.9. The third-order valence-electron chi connectivity index (χ3n) is 5.22. The highest BCUT2D eigenvalue weighted by molar-refractivity contribution is 5.93. The van der Waals surface area contributed by atoms with Crippen molar-refractivity contribution in [3.05, 3.63) is 105 Å². The van der Waals surface area contributed by atoms with Gasteiger partial charge in [-0.1, -0.05) is 12.1 Å². The Kier molecular flexibility index (Phi) is 6.81. The van der Waals surface area contributed by atoms with Crippen LogP contribution in [0.2, 0.25) is 0 Å². The maximum Gasteiger partial charge on any atom is 0.338 e. The Morgan fingerprint density at radius 2 is 1.71 bits per heavy atom. The van der Waals surface area contributed by atoms with E-state index in [2.05, 4.69) is 10.3 Å². The molecule has 4 rings (SSSR count). The van der Waals surface area contributed by atoms with Gasteiger partial charge in [-0.3, -0.25) is 18.7 Å². The summed E-state index contributed by atoms with van der Waals surface area (Å²) in [5.74, 6) is -1.43. The van der Waals surface area contributed by atoms with E-state index in [4.69, 9.17) is 4.74 Å². The van der Waals surface area contributed by atoms with Crippen LogP contribution in [-0.4, -0.2) is 32.6 Å². The van der Waals surface area contributed by atoms with Crippen LogP contribution in [-0.2, 0) is 22.6 Å². The van der Waals surface area contributed by atoms with Crippen molar-refractivity contribution in [3.63, 3.8) is 0 Å². The van der Waals surface area contributed by atoms with Gasteiger partial charge >= 0.3 is 11.7 Å². The van der Waals surface area contributed by atoms with Crippen molar-refractivity contribution in [3.8, 4) is 0 Å². The average Bonchev–Trinajstić information content (AvgIpc) is 2.86. The normalized spacial score (nSPS) is 10.8. The van der Waals surface area contributed by atoms with Crippen LogP contribution in [0.3, 0.4) is 0 Å². The lowest BCUT2D eigenvalue weighted by molar-refractivity contribution is -0.116. The molecular weight excluding hydrogens is 455 g/mol. The SMILES string of the molecule is CCOC(=O)c1ccc(NC(=O)Cn2c(=O)n(Cc3ccc(F)cc3)c(=O)c3ncccc32)cc1. The summed E-state index contributed by atoms with van der Waals surface area (Å²) in [7, 11) is 0. The highest BCUT2D eigenvalue weighted by Gasteiger charge is 2.17. The molecule has 9 nitrogen and oxygen atoms in total. The Labute approximate surface area is 198 Å². The number of ether oxygens (including phenoxy) is 1. The molecule has 0 unspecified atom stereocenters. The number of halogens is 1. The van der Waals surface area contributed by atoms with E-state index in [1.54, 1.807) is 25.1 Å². The summed E-state index contributed by atoms with van der Waals surface area (Å²) in [5, 5.41) is 2.67. The second-order valence-corrected chi connectivity index (χ2v) is 7.60. The summed E-state index contributed by atoms with van der Waals surface area (Å²) in [6.45, 7) is 1.46. The lowest BCUT2D eigenvalue weighted by atomic mass is 10.2. The lowest BCUT2D eigenvalue weighted by Gasteiger charge is -2.14. The molecule has 2 aromatic carbocycles. The van der Waals surface area contributed by atoms with Gasteiger partial charge in [-0.25, -0.2) is 19.0 Å². The van der Waals surface area contributed by atoms with Gasteiger partial charge in [0.05, 0.1) is 24.2 Å². The van der Waals surface area contributed by atoms with Crippen LogP contribution in [0, 0.1) is 5.82 Å². The number of nitrogens with zero attached hydrogens (tertiary/aromatic N) is 3. The molecule has 0 aliphatic heterocycles. The van der Waals surface area contributed by atoms with Crippen molar-refractivity contribution in [2.45, 2.75) is 20.0 Å². The van der Waals surface area contributed by atoms with Gasteiger partial charge < -0.3 is 10.1 Å². The fraction of sp³-hybridized carbons (Fsp3) is 0.160. The van der Waals surface area contributed by atoms with Crippen molar-refractivity contribution < 1.29 is 18.7 Å². The first-order valence-corrected chi connectivity index (χ1v) is 10.8. The zero-order valence-electron chi connectivity index (χ0n) is 18.7. The van der Waals surface area contributed by atoms with E-state index in [1.807, 2.05) is 0 Å². The second kappa shape index (κ2) is 10.1. The van der Waals surface area contributed by atoms with Gasteiger partial charge in [0.25, 0.3) is 5.56 Å². The zero-order valence-corrected chi connectivity index (χ0v) is 18.7. The Balaban J connectivity index is 1.63. The van der Waals surface area contributed by atoms with Crippen LogP contribution in [0.4, 0.5) is 10.1 Å². The highest BCUT2D eigenvalue weighted by Crippen LogP contribution is 2.12. The number of amides is 1. The summed E-state index contributed by atoms with van der Waals surface area (Å²) in [6.07, 6.45) is 1.42. The number of esters is 1. The maximum atomic E-state index is 13.3. The van der Waals surface area contributed by atoms with Crippen molar-refractivity contribution >= 4 is 28.6 Å². The van der Waals surface area contributed by atoms with E-state index in [0.29, 0.717) is 16.8 Å². The first-order chi connectivity index (χ1) is 16.9. The van der Waals surface area contributed by atoms with E-state index < -0.39 is 28.9 Å². The summed E-state index contributed by atoms with van der Waals surface area (Å²) in [6, 6.07) is 14.6. The molecule has 0 spiro atoms. The molecule has 0 saturated heterocycles. The molecule has 2 heterocycles. The first kappa shape index (κ1) is 23.6. The number of pyridine rings is 1. The fourth-order valence-corrected chi connectivity index (χ4v) is 3.56. The van der Waals surface area contributed by atoms with Crippen molar-refractivity contribution in [2.75, 3.05) is 11.9 Å². The van der Waals surface area contributed by atoms with Crippen LogP contribution in [0.15, 0.2) is 76.4 Å². The molecule has 4 aromatic rings. The second-order valence-electron chi connectivity index (χ2n) is 7.60. The van der Waals surface area contributed by atoms with Crippen LogP contribution in [0.1, 0.15) is 22.8 Å². The molecule has 10 heteroatoms. The van der Waals surface area contributed by atoms with Gasteiger partial charge in [0.15, 0.2) is 5.52 Å². The van der Waals surface area contributed by atoms with Crippen LogP contribution >= 0.6 is 0 Å². The third kappa shape index (κ3) is 5.16. The number of carbonyl (C=O) groups is 2. The summed E-state index contributed by atoms with van der Waals surface area (Å²) >= 11 is 0. The largest absolute Gasteiger partial charge is 0.462 e. The number of rotatable bonds is 7. The summed E-state index contributed by atoms with van der Waals surface area (Å²) < 4.78 is 20.3. The van der Waals surface area contributed by atoms with Crippen molar-refractivity contribution in [1.29, 1.82) is 0 Å². The minimum absolute atomic E-state index is 0.0285. The minimum atomic E-state index is -0.701. The number of anilines is 1. The number of nitrogens with one attached hydrogen (secondary N) is 1. The molecule has 0 fully saturated rings. The standard InChI is InChI=1S/C25H21FN4O5/c1-2-35-24(33)17-7-11-19(12-8-17)28-21(31)15-29-20-4-3-13-27-22(20)23(32)30(25(29)34)14-16-5-9-18(26)10-6-16/h3-13H,2,14-15H2,1H3,(H,28,31). The molecule has 1 N–H and O–H groups in total. The van der Waals surface area contributed by atoms with E-state index in [1.165, 1.54) is 48.7 Å². The lowest BCUT2D eigenvalue weighted by Crippen LogP contribution is -2.42. The topological polar surface area (TPSA) is 112 Å². The molecule has 0 saturated carbocycles. The average molecular weight is 476 g/mol. The van der Waals surface area contributed by atoms with Gasteiger partial charge in [0.1, 0.15) is 12.4 Å². The Hall–Kier alpha value is -4.60. The van der Waals surface area contributed by atoms with Gasteiger partial charge in [0, 0.05) is 11.9 Å². The van der Waals surface area contributed by atoms with Crippen LogP contribution in [0.5, 0.6) is 0 Å². The number of aromatic nitrogens is 3. The first-order valence-electron chi connectivity index (χ1n) is 10.8. The van der Waals surface area contributed by atoms with E-state index in [0.717, 1.165) is 9.13 Å². The maximum absolute atomic E-state index is 13.3. The fourth-order valence-electron chi connectivity index (χ4n) is 3.56. The Morgan fingerprint density at radius 1 is 1.00 bits per heavy atom. The Bertz CT molecular complexity index is 1510.